The molecule has 2 rings (SSSR count). The number of hydrazine groups is 1. The SMILES string of the molecule is Cc1ccc(Br)cc1C(NN)c1ccsc1. The van der Waals surface area contributed by atoms with Crippen molar-refractivity contribution < 1.29 is 0 Å². The van der Waals surface area contributed by atoms with Gasteiger partial charge in [0, 0.05) is 4.47 Å². The minimum atomic E-state index is 0.0590. The van der Waals surface area contributed by atoms with E-state index >= 15 is 0 Å². The van der Waals surface area contributed by atoms with E-state index in [4.69, 9.17) is 5.84 Å². The first-order chi connectivity index (χ1) is 7.72. The lowest BCUT2D eigenvalue weighted by Crippen LogP contribution is -2.29. The molecule has 0 saturated heterocycles. The van der Waals surface area contributed by atoms with Crippen molar-refractivity contribution in [2.75, 3.05) is 0 Å². The van der Waals surface area contributed by atoms with Crippen molar-refractivity contribution in [3.05, 3.63) is 56.2 Å². The Balaban J connectivity index is 2.44. The summed E-state index contributed by atoms with van der Waals surface area (Å²) >= 11 is 5.17. The zero-order chi connectivity index (χ0) is 11.5. The predicted octanol–water partition coefficient (Wildman–Crippen LogP) is 3.37. The van der Waals surface area contributed by atoms with Crippen LogP contribution in [0.2, 0.25) is 0 Å². The number of hydrogen-bond donors (Lipinski definition) is 2. The molecule has 1 atom stereocenters. The minimum absolute atomic E-state index is 0.0590. The lowest BCUT2D eigenvalue weighted by atomic mass is 9.97. The van der Waals surface area contributed by atoms with Crippen LogP contribution in [0, 0.1) is 6.92 Å². The van der Waals surface area contributed by atoms with Crippen LogP contribution in [-0.4, -0.2) is 0 Å². The third kappa shape index (κ3) is 2.35. The second kappa shape index (κ2) is 5.10. The molecule has 0 fully saturated rings. The van der Waals surface area contributed by atoms with Gasteiger partial charge in [-0.25, -0.2) is 5.43 Å². The number of aryl methyl sites for hydroxylation is 1. The van der Waals surface area contributed by atoms with Crippen LogP contribution in [-0.2, 0) is 0 Å². The number of benzene rings is 1. The van der Waals surface area contributed by atoms with Crippen LogP contribution in [0.3, 0.4) is 0 Å². The highest BCUT2D eigenvalue weighted by molar-refractivity contribution is 9.10. The van der Waals surface area contributed by atoms with E-state index in [1.54, 1.807) is 11.3 Å². The molecule has 16 heavy (non-hydrogen) atoms. The van der Waals surface area contributed by atoms with Crippen molar-refractivity contribution in [3.63, 3.8) is 0 Å². The number of hydrogen-bond acceptors (Lipinski definition) is 3. The molecule has 0 aliphatic rings. The van der Waals surface area contributed by atoms with Crippen LogP contribution < -0.4 is 11.3 Å². The second-order valence-electron chi connectivity index (χ2n) is 3.66. The summed E-state index contributed by atoms with van der Waals surface area (Å²) in [5.74, 6) is 5.65. The third-order valence-electron chi connectivity index (χ3n) is 2.60. The van der Waals surface area contributed by atoms with Gasteiger partial charge in [-0.1, -0.05) is 22.0 Å². The molecule has 2 nitrogen and oxygen atoms in total. The van der Waals surface area contributed by atoms with Crippen molar-refractivity contribution in [2.24, 2.45) is 5.84 Å². The zero-order valence-electron chi connectivity index (χ0n) is 8.91. The summed E-state index contributed by atoms with van der Waals surface area (Å²) in [5, 5.41) is 4.18. The van der Waals surface area contributed by atoms with Gasteiger partial charge in [-0.2, -0.15) is 11.3 Å². The van der Waals surface area contributed by atoms with Crippen LogP contribution in [0.25, 0.3) is 0 Å². The fraction of sp³-hybridized carbons (Fsp3) is 0.167. The Morgan fingerprint density at radius 2 is 2.19 bits per heavy atom. The van der Waals surface area contributed by atoms with E-state index < -0.39 is 0 Å². The zero-order valence-corrected chi connectivity index (χ0v) is 11.3. The van der Waals surface area contributed by atoms with Gasteiger partial charge in [-0.3, -0.25) is 5.84 Å². The van der Waals surface area contributed by atoms with Gasteiger partial charge in [0.25, 0.3) is 0 Å². The van der Waals surface area contributed by atoms with Crippen molar-refractivity contribution in [1.82, 2.24) is 5.43 Å². The Morgan fingerprint density at radius 3 is 2.81 bits per heavy atom. The minimum Gasteiger partial charge on any atom is -0.271 e. The molecule has 0 bridgehead atoms. The number of thiophene rings is 1. The number of nitrogens with two attached hydrogens (primary N) is 1. The normalized spacial score (nSPS) is 12.7. The maximum atomic E-state index is 5.65. The third-order valence-corrected chi connectivity index (χ3v) is 3.79. The maximum absolute atomic E-state index is 5.65. The molecule has 84 valence electrons. The molecule has 0 spiro atoms. The van der Waals surface area contributed by atoms with Crippen LogP contribution in [0.1, 0.15) is 22.7 Å². The standard InChI is InChI=1S/C12H13BrN2S/c1-8-2-3-10(13)6-11(8)12(15-14)9-4-5-16-7-9/h2-7,12,15H,14H2,1H3. The van der Waals surface area contributed by atoms with Gasteiger partial charge in [0.1, 0.15) is 0 Å². The molecule has 0 aliphatic heterocycles. The van der Waals surface area contributed by atoms with E-state index in [2.05, 4.69) is 57.2 Å². The van der Waals surface area contributed by atoms with Crippen molar-refractivity contribution >= 4 is 27.3 Å². The number of halogens is 1. The van der Waals surface area contributed by atoms with Gasteiger partial charge in [0.2, 0.25) is 0 Å². The van der Waals surface area contributed by atoms with Gasteiger partial charge >= 0.3 is 0 Å². The average molecular weight is 297 g/mol. The molecule has 1 aromatic heterocycles. The molecular weight excluding hydrogens is 284 g/mol. The van der Waals surface area contributed by atoms with E-state index in [0.29, 0.717) is 0 Å². The van der Waals surface area contributed by atoms with Crippen molar-refractivity contribution in [2.45, 2.75) is 13.0 Å². The lowest BCUT2D eigenvalue weighted by molar-refractivity contribution is 0.635. The molecule has 3 N–H and O–H groups in total. The van der Waals surface area contributed by atoms with E-state index in [0.717, 1.165) is 4.47 Å². The van der Waals surface area contributed by atoms with Gasteiger partial charge in [-0.15, -0.1) is 0 Å². The summed E-state index contributed by atoms with van der Waals surface area (Å²) < 4.78 is 1.07. The van der Waals surface area contributed by atoms with E-state index in [-0.39, 0.29) is 6.04 Å². The first-order valence-corrected chi connectivity index (χ1v) is 6.70. The summed E-state index contributed by atoms with van der Waals surface area (Å²) in [7, 11) is 0. The smallest absolute Gasteiger partial charge is 0.0721 e. The molecule has 0 aliphatic carbocycles. The van der Waals surface area contributed by atoms with E-state index in [1.807, 2.05) is 6.07 Å². The fourth-order valence-electron chi connectivity index (χ4n) is 1.73. The first-order valence-electron chi connectivity index (χ1n) is 4.96. The Morgan fingerprint density at radius 1 is 1.38 bits per heavy atom. The average Bonchev–Trinajstić information content (AvgIpc) is 2.78. The molecule has 1 aromatic carbocycles. The summed E-state index contributed by atoms with van der Waals surface area (Å²) in [6.45, 7) is 2.10. The molecular formula is C12H13BrN2S. The molecule has 0 amide bonds. The highest BCUT2D eigenvalue weighted by Crippen LogP contribution is 2.28. The Kier molecular flexibility index (Phi) is 3.76. The fourth-order valence-corrected chi connectivity index (χ4v) is 2.79. The molecule has 0 saturated carbocycles. The predicted molar refractivity (Wildman–Crippen MR) is 72.4 cm³/mol. The van der Waals surface area contributed by atoms with Crippen LogP contribution in [0.5, 0.6) is 0 Å². The Hall–Kier alpha value is -0.680. The highest BCUT2D eigenvalue weighted by Gasteiger charge is 2.15. The van der Waals surface area contributed by atoms with Gasteiger partial charge in [-0.05, 0) is 52.6 Å². The summed E-state index contributed by atoms with van der Waals surface area (Å²) in [6.07, 6.45) is 0. The monoisotopic (exact) mass is 296 g/mol. The Bertz CT molecular complexity index is 468. The molecule has 2 aromatic rings. The van der Waals surface area contributed by atoms with Gasteiger partial charge in [0.05, 0.1) is 6.04 Å². The molecule has 1 unspecified atom stereocenters. The number of nitrogens with one attached hydrogen (secondary N) is 1. The van der Waals surface area contributed by atoms with Crippen LogP contribution in [0.15, 0.2) is 39.5 Å². The highest BCUT2D eigenvalue weighted by atomic mass is 79.9. The van der Waals surface area contributed by atoms with Crippen LogP contribution >= 0.6 is 27.3 Å². The summed E-state index contributed by atoms with van der Waals surface area (Å²) in [5.41, 5.74) is 6.51. The first kappa shape index (κ1) is 11.8. The molecule has 0 radical (unpaired) electrons. The van der Waals surface area contributed by atoms with Crippen LogP contribution in [0.4, 0.5) is 0 Å². The van der Waals surface area contributed by atoms with Crippen molar-refractivity contribution in [1.29, 1.82) is 0 Å². The lowest BCUT2D eigenvalue weighted by Gasteiger charge is -2.18. The summed E-state index contributed by atoms with van der Waals surface area (Å²) in [6, 6.07) is 8.40. The van der Waals surface area contributed by atoms with Gasteiger partial charge in [0.15, 0.2) is 0 Å². The largest absolute Gasteiger partial charge is 0.271 e. The van der Waals surface area contributed by atoms with Crippen molar-refractivity contribution in [3.8, 4) is 0 Å². The Labute approximate surface area is 108 Å². The van der Waals surface area contributed by atoms with E-state index in [1.165, 1.54) is 16.7 Å². The molecule has 1 heterocycles. The number of rotatable bonds is 3. The summed E-state index contributed by atoms with van der Waals surface area (Å²) in [4.78, 5) is 0. The molecule has 4 heteroatoms. The van der Waals surface area contributed by atoms with Gasteiger partial charge < -0.3 is 0 Å². The maximum Gasteiger partial charge on any atom is 0.0721 e. The quantitative estimate of drug-likeness (QED) is 0.673. The topological polar surface area (TPSA) is 38.0 Å². The van der Waals surface area contributed by atoms with E-state index in [9.17, 15) is 0 Å². The second-order valence-corrected chi connectivity index (χ2v) is 5.35.